The van der Waals surface area contributed by atoms with Gasteiger partial charge in [0.1, 0.15) is 43.0 Å². The molecule has 2 aliphatic heterocycles. The van der Waals surface area contributed by atoms with E-state index in [-0.39, 0.29) is 19.0 Å². The fourth-order valence-corrected chi connectivity index (χ4v) is 3.77. The molecule has 3 aromatic rings. The molecule has 1 saturated heterocycles. The van der Waals surface area contributed by atoms with Crippen LogP contribution in [0.25, 0.3) is 11.0 Å². The van der Waals surface area contributed by atoms with Gasteiger partial charge in [-0.25, -0.2) is 0 Å². The van der Waals surface area contributed by atoms with Crippen molar-refractivity contribution < 1.29 is 24.1 Å². The molecule has 0 unspecified atom stereocenters. The molecule has 2 aromatic carbocycles. The third-order valence-electron chi connectivity index (χ3n) is 5.29. The fourth-order valence-electron chi connectivity index (χ4n) is 3.77. The summed E-state index contributed by atoms with van der Waals surface area (Å²) in [5.41, 5.74) is 1.49. The van der Waals surface area contributed by atoms with Gasteiger partial charge in [0, 0.05) is 13.0 Å². The quantitative estimate of drug-likeness (QED) is 0.691. The van der Waals surface area contributed by atoms with Gasteiger partial charge < -0.3 is 24.2 Å². The summed E-state index contributed by atoms with van der Waals surface area (Å²) >= 11 is 0. The summed E-state index contributed by atoms with van der Waals surface area (Å²) in [6.07, 6.45) is -0.740. The van der Waals surface area contributed by atoms with Gasteiger partial charge in [-0.15, -0.1) is 0 Å². The molecule has 0 spiro atoms. The highest BCUT2D eigenvalue weighted by Gasteiger charge is 2.33. The van der Waals surface area contributed by atoms with Gasteiger partial charge in [0.05, 0.1) is 6.54 Å². The fraction of sp³-hybridized carbons (Fsp3) is 0.381. The molecule has 9 heteroatoms. The van der Waals surface area contributed by atoms with E-state index in [2.05, 4.69) is 10.2 Å². The molecule has 30 heavy (non-hydrogen) atoms. The number of nitrogens with zero attached hydrogens (tertiary/aromatic N) is 4. The summed E-state index contributed by atoms with van der Waals surface area (Å²) in [5, 5.41) is 19.3. The molecule has 1 amide bonds. The minimum Gasteiger partial charge on any atom is -0.486 e. The average Bonchev–Trinajstić information content (AvgIpc) is 3.17. The van der Waals surface area contributed by atoms with E-state index in [9.17, 15) is 9.90 Å². The Morgan fingerprint density at radius 1 is 1.10 bits per heavy atom. The number of hydrogen-bond donors (Lipinski definition) is 1. The molecule has 0 radical (unpaired) electrons. The smallest absolute Gasteiger partial charge is 0.246 e. The van der Waals surface area contributed by atoms with Gasteiger partial charge in [-0.05, 0) is 24.3 Å². The number of benzene rings is 2. The number of likely N-dealkylation sites (tertiary alicyclic amines) is 1. The second-order valence-corrected chi connectivity index (χ2v) is 7.35. The number of carbonyl (C=O) groups excluding carboxylic acids is 1. The van der Waals surface area contributed by atoms with Crippen molar-refractivity contribution in [3.05, 3.63) is 42.5 Å². The molecular weight excluding hydrogens is 388 g/mol. The van der Waals surface area contributed by atoms with Gasteiger partial charge in [0.25, 0.3) is 0 Å². The molecule has 9 nitrogen and oxygen atoms in total. The molecule has 5 rings (SSSR count). The molecule has 2 atom stereocenters. The van der Waals surface area contributed by atoms with Crippen LogP contribution in [0.3, 0.4) is 0 Å². The number of fused-ring (bicyclic) bond motifs is 2. The van der Waals surface area contributed by atoms with Crippen molar-refractivity contribution in [2.45, 2.75) is 25.2 Å². The summed E-state index contributed by atoms with van der Waals surface area (Å²) in [7, 11) is 0. The zero-order chi connectivity index (χ0) is 20.5. The van der Waals surface area contributed by atoms with Gasteiger partial charge >= 0.3 is 0 Å². The van der Waals surface area contributed by atoms with Crippen molar-refractivity contribution >= 4 is 16.9 Å². The molecule has 156 valence electrons. The third-order valence-corrected chi connectivity index (χ3v) is 5.29. The Balaban J connectivity index is 1.22. The lowest BCUT2D eigenvalue weighted by Gasteiger charge is -2.36. The summed E-state index contributed by atoms with van der Waals surface area (Å²) in [5.74, 6) is 1.61. The van der Waals surface area contributed by atoms with E-state index in [0.29, 0.717) is 43.4 Å². The molecular formula is C21H22N4O5. The molecule has 0 saturated carbocycles. The first-order valence-corrected chi connectivity index (χ1v) is 9.98. The average molecular weight is 410 g/mol. The number of amides is 1. The number of piperidine rings is 1. The van der Waals surface area contributed by atoms with E-state index in [4.69, 9.17) is 14.2 Å². The van der Waals surface area contributed by atoms with E-state index >= 15 is 0 Å². The van der Waals surface area contributed by atoms with Crippen LogP contribution in [-0.4, -0.2) is 69.4 Å². The molecule has 1 fully saturated rings. The number of aromatic nitrogens is 3. The lowest BCUT2D eigenvalue weighted by molar-refractivity contribution is -0.138. The first kappa shape index (κ1) is 18.7. The van der Waals surface area contributed by atoms with Crippen molar-refractivity contribution in [2.75, 3.05) is 26.3 Å². The second kappa shape index (κ2) is 7.83. The Bertz CT molecular complexity index is 1040. The number of hydrogen-bond acceptors (Lipinski definition) is 7. The highest BCUT2D eigenvalue weighted by atomic mass is 16.6. The predicted molar refractivity (Wildman–Crippen MR) is 107 cm³/mol. The number of para-hydroxylation sites is 1. The first-order chi connectivity index (χ1) is 14.7. The van der Waals surface area contributed by atoms with Crippen LogP contribution in [0.5, 0.6) is 17.2 Å². The Morgan fingerprint density at radius 3 is 2.63 bits per heavy atom. The van der Waals surface area contributed by atoms with E-state index in [1.165, 1.54) is 4.80 Å². The lowest BCUT2D eigenvalue weighted by Crippen LogP contribution is -2.51. The number of β-amino-alcohol motifs (C(OH)–C–C–N with tert-alkyl or cyclic N) is 1. The van der Waals surface area contributed by atoms with Crippen LogP contribution in [0.4, 0.5) is 0 Å². The lowest BCUT2D eigenvalue weighted by atomic mass is 10.0. The van der Waals surface area contributed by atoms with Gasteiger partial charge in [0.2, 0.25) is 11.7 Å². The summed E-state index contributed by atoms with van der Waals surface area (Å²) in [4.78, 5) is 15.7. The highest BCUT2D eigenvalue weighted by molar-refractivity contribution is 5.77. The normalized spacial score (nSPS) is 20.9. The molecule has 1 aromatic heterocycles. The van der Waals surface area contributed by atoms with Crippen LogP contribution < -0.4 is 14.2 Å². The van der Waals surface area contributed by atoms with E-state index in [1.54, 1.807) is 11.0 Å². The number of aliphatic hydroxyl groups is 1. The Kier molecular flexibility index (Phi) is 4.88. The number of ether oxygens (including phenoxy) is 3. The number of rotatable bonds is 4. The molecule has 1 N–H and O–H groups in total. The Labute approximate surface area is 172 Å². The minimum atomic E-state index is -0.812. The molecule has 0 bridgehead atoms. The van der Waals surface area contributed by atoms with E-state index in [0.717, 1.165) is 11.0 Å². The maximum atomic E-state index is 12.7. The molecule has 3 heterocycles. The maximum absolute atomic E-state index is 12.7. The topological polar surface area (TPSA) is 98.9 Å². The van der Waals surface area contributed by atoms with Crippen LogP contribution in [0.15, 0.2) is 42.5 Å². The summed E-state index contributed by atoms with van der Waals surface area (Å²) in [6.45, 7) is 1.66. The predicted octanol–water partition coefficient (Wildman–Crippen LogP) is 1.24. The van der Waals surface area contributed by atoms with Crippen LogP contribution in [0, 0.1) is 0 Å². The molecule has 0 aliphatic carbocycles. The largest absolute Gasteiger partial charge is 0.486 e. The number of carbonyl (C=O) groups is 1. The molecule has 2 aliphatic rings. The summed E-state index contributed by atoms with van der Waals surface area (Å²) in [6, 6.07) is 12.9. The zero-order valence-electron chi connectivity index (χ0n) is 16.3. The Morgan fingerprint density at radius 2 is 1.87 bits per heavy atom. The summed E-state index contributed by atoms with van der Waals surface area (Å²) < 4.78 is 17.3. The van der Waals surface area contributed by atoms with Crippen molar-refractivity contribution in [3.63, 3.8) is 0 Å². The minimum absolute atomic E-state index is 0.0320. The second-order valence-electron chi connectivity index (χ2n) is 7.35. The monoisotopic (exact) mass is 410 g/mol. The van der Waals surface area contributed by atoms with Crippen LogP contribution >= 0.6 is 0 Å². The highest BCUT2D eigenvalue weighted by Crippen LogP contribution is 2.40. The van der Waals surface area contributed by atoms with Crippen molar-refractivity contribution in [3.8, 4) is 17.2 Å². The van der Waals surface area contributed by atoms with Gasteiger partial charge in [-0.1, -0.05) is 18.2 Å². The number of aliphatic hydroxyl groups excluding tert-OH is 1. The van der Waals surface area contributed by atoms with Crippen molar-refractivity contribution in [2.24, 2.45) is 0 Å². The zero-order valence-corrected chi connectivity index (χ0v) is 16.3. The SMILES string of the molecule is O=C(Cn1nc2ccccc2n1)N1CC[C@@H](Oc2cccc3c2OCCO3)[C@H](O)C1. The Hall–Kier alpha value is -3.33. The van der Waals surface area contributed by atoms with Crippen molar-refractivity contribution in [1.29, 1.82) is 0 Å². The van der Waals surface area contributed by atoms with Gasteiger partial charge in [0.15, 0.2) is 11.5 Å². The van der Waals surface area contributed by atoms with Gasteiger partial charge in [-0.3, -0.25) is 4.79 Å². The van der Waals surface area contributed by atoms with E-state index < -0.39 is 12.2 Å². The first-order valence-electron chi connectivity index (χ1n) is 9.98. The van der Waals surface area contributed by atoms with Crippen LogP contribution in [-0.2, 0) is 11.3 Å². The van der Waals surface area contributed by atoms with Crippen molar-refractivity contribution in [1.82, 2.24) is 19.9 Å². The maximum Gasteiger partial charge on any atom is 0.246 e. The van der Waals surface area contributed by atoms with Crippen LogP contribution in [0.1, 0.15) is 6.42 Å². The van der Waals surface area contributed by atoms with E-state index in [1.807, 2.05) is 36.4 Å². The van der Waals surface area contributed by atoms with Crippen LogP contribution in [0.2, 0.25) is 0 Å². The third kappa shape index (κ3) is 3.63. The van der Waals surface area contributed by atoms with Gasteiger partial charge in [-0.2, -0.15) is 15.0 Å². The standard InChI is InChI=1S/C21H22N4O5/c26-16-12-24(20(27)13-25-22-14-4-1-2-5-15(14)23-25)9-8-17(16)30-19-7-3-6-18-21(19)29-11-10-28-18/h1-7,16-17,26H,8-13H2/t16-,17-/m1/s1.